The van der Waals surface area contributed by atoms with Crippen LogP contribution in [0.1, 0.15) is 42.6 Å². The Kier molecular flexibility index (Phi) is 7.11. The van der Waals surface area contributed by atoms with Gasteiger partial charge in [0.15, 0.2) is 12.4 Å². The molecule has 0 fully saturated rings. The lowest BCUT2D eigenvalue weighted by atomic mass is 10.0. The lowest BCUT2D eigenvalue weighted by Gasteiger charge is -2.15. The van der Waals surface area contributed by atoms with Crippen LogP contribution in [0.25, 0.3) is 0 Å². The van der Waals surface area contributed by atoms with Gasteiger partial charge >= 0.3 is 0 Å². The highest BCUT2D eigenvalue weighted by Crippen LogP contribution is 2.26. The fraction of sp³-hybridized carbons (Fsp3) is 0.286. The van der Waals surface area contributed by atoms with E-state index in [2.05, 4.69) is 10.6 Å². The highest BCUT2D eigenvalue weighted by Gasteiger charge is 2.12. The lowest BCUT2D eigenvalue weighted by molar-refractivity contribution is -0.123. The van der Waals surface area contributed by atoms with E-state index < -0.39 is 0 Å². The smallest absolute Gasteiger partial charge is 0.257 e. The van der Waals surface area contributed by atoms with Gasteiger partial charge in [0.1, 0.15) is 5.75 Å². The molecule has 0 aliphatic rings. The Morgan fingerprint density at radius 3 is 2.37 bits per heavy atom. The monoisotopic (exact) mass is 368 g/mol. The van der Waals surface area contributed by atoms with Crippen LogP contribution in [0.3, 0.4) is 0 Å². The molecule has 6 heteroatoms. The van der Waals surface area contributed by atoms with Crippen LogP contribution in [-0.2, 0) is 9.59 Å². The first-order chi connectivity index (χ1) is 12.9. The van der Waals surface area contributed by atoms with Gasteiger partial charge < -0.3 is 15.4 Å². The summed E-state index contributed by atoms with van der Waals surface area (Å²) in [7, 11) is 0. The minimum atomic E-state index is -0.278. The number of ether oxygens (including phenoxy) is 1. The van der Waals surface area contributed by atoms with Crippen molar-refractivity contribution in [3.63, 3.8) is 0 Å². The van der Waals surface area contributed by atoms with Gasteiger partial charge in [0.2, 0.25) is 5.91 Å². The number of ketones is 1. The zero-order valence-electron chi connectivity index (χ0n) is 15.7. The zero-order valence-corrected chi connectivity index (χ0v) is 15.7. The van der Waals surface area contributed by atoms with E-state index >= 15 is 0 Å². The number of carbonyl (C=O) groups excluding carboxylic acids is 3. The summed E-state index contributed by atoms with van der Waals surface area (Å²) in [6, 6.07) is 14.6. The molecule has 2 rings (SSSR count). The summed E-state index contributed by atoms with van der Waals surface area (Å²) in [5, 5.41) is 5.46. The molecule has 0 radical (unpaired) electrons. The average molecular weight is 368 g/mol. The first-order valence-electron chi connectivity index (χ1n) is 8.74. The molecule has 0 saturated heterocycles. The summed E-state index contributed by atoms with van der Waals surface area (Å²) >= 11 is 0. The average Bonchev–Trinajstić information content (AvgIpc) is 2.65. The van der Waals surface area contributed by atoms with Crippen molar-refractivity contribution in [3.05, 3.63) is 59.7 Å². The molecule has 142 valence electrons. The second-order valence-corrected chi connectivity index (χ2v) is 6.35. The van der Waals surface area contributed by atoms with Crippen LogP contribution in [0, 0.1) is 0 Å². The molecule has 0 aliphatic carbocycles. The lowest BCUT2D eigenvalue weighted by Crippen LogP contribution is -2.32. The van der Waals surface area contributed by atoms with Crippen LogP contribution in [0.4, 0.5) is 5.69 Å². The number of amides is 2. The summed E-state index contributed by atoms with van der Waals surface area (Å²) in [5.41, 5.74) is 2.00. The standard InChI is InChI=1S/C21H24N2O4/c1-14(17-7-5-4-6-8-17)12-22-21(26)13-27-20-11-18(15(2)24)9-10-19(20)23-16(3)25/h4-11,14H,12-13H2,1-3H3,(H,22,26)(H,23,25). The topological polar surface area (TPSA) is 84.5 Å². The quantitative estimate of drug-likeness (QED) is 0.701. The van der Waals surface area contributed by atoms with Gasteiger partial charge in [0, 0.05) is 19.0 Å². The first kappa shape index (κ1) is 20.2. The highest BCUT2D eigenvalue weighted by molar-refractivity contribution is 5.96. The third kappa shape index (κ3) is 6.26. The van der Waals surface area contributed by atoms with E-state index in [4.69, 9.17) is 4.74 Å². The fourth-order valence-electron chi connectivity index (χ4n) is 2.51. The van der Waals surface area contributed by atoms with Crippen LogP contribution in [-0.4, -0.2) is 30.7 Å². The third-order valence-corrected chi connectivity index (χ3v) is 4.03. The molecular weight excluding hydrogens is 344 g/mol. The van der Waals surface area contributed by atoms with Gasteiger partial charge in [-0.05, 0) is 36.6 Å². The number of nitrogens with one attached hydrogen (secondary N) is 2. The SMILES string of the molecule is CC(=O)Nc1ccc(C(C)=O)cc1OCC(=O)NCC(C)c1ccccc1. The van der Waals surface area contributed by atoms with Gasteiger partial charge in [-0.2, -0.15) is 0 Å². The van der Waals surface area contributed by atoms with Crippen molar-refractivity contribution in [2.45, 2.75) is 26.7 Å². The molecule has 27 heavy (non-hydrogen) atoms. The van der Waals surface area contributed by atoms with Gasteiger partial charge in [0.05, 0.1) is 5.69 Å². The highest BCUT2D eigenvalue weighted by atomic mass is 16.5. The number of benzene rings is 2. The minimum Gasteiger partial charge on any atom is -0.482 e. The molecule has 0 saturated carbocycles. The van der Waals surface area contributed by atoms with E-state index in [0.29, 0.717) is 17.8 Å². The van der Waals surface area contributed by atoms with E-state index in [0.717, 1.165) is 5.56 Å². The van der Waals surface area contributed by atoms with E-state index in [-0.39, 0.29) is 35.9 Å². The summed E-state index contributed by atoms with van der Waals surface area (Å²) in [6.07, 6.45) is 0. The third-order valence-electron chi connectivity index (χ3n) is 4.03. The summed E-state index contributed by atoms with van der Waals surface area (Å²) in [5.74, 6) is -0.220. The Balaban J connectivity index is 1.96. The number of anilines is 1. The normalized spacial score (nSPS) is 11.4. The molecule has 1 unspecified atom stereocenters. The van der Waals surface area contributed by atoms with Crippen LogP contribution >= 0.6 is 0 Å². The largest absolute Gasteiger partial charge is 0.482 e. The number of Topliss-reactive ketones (excluding diaryl/α,β-unsaturated/α-hetero) is 1. The molecule has 2 N–H and O–H groups in total. The predicted octanol–water partition coefficient (Wildman–Crippen LogP) is 3.15. The summed E-state index contributed by atoms with van der Waals surface area (Å²) in [6.45, 7) is 5.12. The van der Waals surface area contributed by atoms with Crippen molar-refractivity contribution in [2.24, 2.45) is 0 Å². The molecule has 2 aromatic rings. The minimum absolute atomic E-state index is 0.129. The van der Waals surface area contributed by atoms with Crippen LogP contribution in [0.2, 0.25) is 0 Å². The Hall–Kier alpha value is -3.15. The van der Waals surface area contributed by atoms with Gasteiger partial charge in [-0.25, -0.2) is 0 Å². The maximum Gasteiger partial charge on any atom is 0.257 e. The summed E-state index contributed by atoms with van der Waals surface area (Å²) in [4.78, 5) is 35.0. The second-order valence-electron chi connectivity index (χ2n) is 6.35. The van der Waals surface area contributed by atoms with Crippen molar-refractivity contribution in [3.8, 4) is 5.75 Å². The van der Waals surface area contributed by atoms with E-state index in [9.17, 15) is 14.4 Å². The number of carbonyl (C=O) groups is 3. The molecule has 6 nitrogen and oxygen atoms in total. The predicted molar refractivity (Wildman–Crippen MR) is 104 cm³/mol. The molecule has 0 bridgehead atoms. The molecule has 2 aromatic carbocycles. The molecule has 0 heterocycles. The van der Waals surface area contributed by atoms with Crippen molar-refractivity contribution in [1.82, 2.24) is 5.32 Å². The number of hydrogen-bond acceptors (Lipinski definition) is 4. The van der Waals surface area contributed by atoms with Crippen LogP contribution in [0.5, 0.6) is 5.75 Å². The van der Waals surface area contributed by atoms with Crippen molar-refractivity contribution in [1.29, 1.82) is 0 Å². The van der Waals surface area contributed by atoms with E-state index in [1.165, 1.54) is 19.9 Å². The van der Waals surface area contributed by atoms with Crippen molar-refractivity contribution >= 4 is 23.3 Å². The molecule has 0 spiro atoms. The van der Waals surface area contributed by atoms with Gasteiger partial charge in [-0.15, -0.1) is 0 Å². The first-order valence-corrected chi connectivity index (χ1v) is 8.74. The van der Waals surface area contributed by atoms with Crippen LogP contribution in [0.15, 0.2) is 48.5 Å². The van der Waals surface area contributed by atoms with E-state index in [1.807, 2.05) is 37.3 Å². The molecular formula is C21H24N2O4. The van der Waals surface area contributed by atoms with Gasteiger partial charge in [-0.1, -0.05) is 37.3 Å². The Morgan fingerprint density at radius 2 is 1.74 bits per heavy atom. The maximum atomic E-state index is 12.1. The summed E-state index contributed by atoms with van der Waals surface area (Å²) < 4.78 is 5.55. The zero-order chi connectivity index (χ0) is 19.8. The number of hydrogen-bond donors (Lipinski definition) is 2. The van der Waals surface area contributed by atoms with Gasteiger partial charge in [0.25, 0.3) is 5.91 Å². The Bertz CT molecular complexity index is 818. The molecule has 0 aliphatic heterocycles. The molecule has 2 amide bonds. The molecule has 1 atom stereocenters. The van der Waals surface area contributed by atoms with Crippen LogP contribution < -0.4 is 15.4 Å². The van der Waals surface area contributed by atoms with Gasteiger partial charge in [-0.3, -0.25) is 14.4 Å². The van der Waals surface area contributed by atoms with Crippen molar-refractivity contribution in [2.75, 3.05) is 18.5 Å². The number of rotatable bonds is 8. The Labute approximate surface area is 158 Å². The van der Waals surface area contributed by atoms with E-state index in [1.54, 1.807) is 12.1 Å². The maximum absolute atomic E-state index is 12.1. The van der Waals surface area contributed by atoms with Crippen molar-refractivity contribution < 1.29 is 19.1 Å². The Morgan fingerprint density at radius 1 is 1.04 bits per heavy atom. The molecule has 0 aromatic heterocycles. The fourth-order valence-corrected chi connectivity index (χ4v) is 2.51. The second kappa shape index (κ2) is 9.52.